The highest BCUT2D eigenvalue weighted by Crippen LogP contribution is 2.18. The van der Waals surface area contributed by atoms with Gasteiger partial charge in [-0.1, -0.05) is 23.7 Å². The Morgan fingerprint density at radius 3 is 2.75 bits per heavy atom. The zero-order valence-corrected chi connectivity index (χ0v) is 13.5. The molecule has 6 nitrogen and oxygen atoms in total. The quantitative estimate of drug-likeness (QED) is 0.737. The molecule has 3 rings (SSSR count). The van der Waals surface area contributed by atoms with Gasteiger partial charge in [-0.15, -0.1) is 0 Å². The lowest BCUT2D eigenvalue weighted by atomic mass is 10.1. The summed E-state index contributed by atoms with van der Waals surface area (Å²) in [6.07, 6.45) is 0. The topological polar surface area (TPSA) is 81.3 Å². The van der Waals surface area contributed by atoms with E-state index in [2.05, 4.69) is 5.32 Å². The van der Waals surface area contributed by atoms with Crippen LogP contribution >= 0.6 is 11.6 Å². The number of carbonyl (C=O) groups excluding carboxylic acids is 2. The molecule has 0 aliphatic heterocycles. The Labute approximate surface area is 141 Å². The van der Waals surface area contributed by atoms with Gasteiger partial charge in [0.2, 0.25) is 5.91 Å². The molecule has 3 aromatic rings. The summed E-state index contributed by atoms with van der Waals surface area (Å²) in [5.41, 5.74) is 1.77. The fourth-order valence-electron chi connectivity index (χ4n) is 2.35. The lowest BCUT2D eigenvalue weighted by Crippen LogP contribution is -2.24. The van der Waals surface area contributed by atoms with Gasteiger partial charge in [0.15, 0.2) is 11.4 Å². The molecule has 122 valence electrons. The molecule has 2 aromatic carbocycles. The number of ketones is 1. The number of aromatic nitrogens is 1. The largest absolute Gasteiger partial charge is 0.420 e. The first-order valence-corrected chi connectivity index (χ1v) is 7.51. The predicted octanol–water partition coefficient (Wildman–Crippen LogP) is 3.09. The average molecular weight is 345 g/mol. The molecule has 1 amide bonds. The predicted molar refractivity (Wildman–Crippen MR) is 90.6 cm³/mol. The molecule has 0 aliphatic rings. The van der Waals surface area contributed by atoms with Crippen LogP contribution in [0.5, 0.6) is 0 Å². The van der Waals surface area contributed by atoms with E-state index in [-0.39, 0.29) is 12.3 Å². The molecule has 0 bridgehead atoms. The number of hydrogen-bond acceptors (Lipinski definition) is 4. The number of carbonyl (C=O) groups is 2. The standard InChI is InChI=1S/C17H13ClN2O4/c1-10(21)11-3-2-4-13(7-11)19-16(22)9-20-14-8-12(18)5-6-15(14)24-17(20)23/h2-8H,9H2,1H3,(H,19,22). The number of hydrogen-bond donors (Lipinski definition) is 1. The van der Waals surface area contributed by atoms with Gasteiger partial charge < -0.3 is 9.73 Å². The van der Waals surface area contributed by atoms with Crippen molar-refractivity contribution in [2.75, 3.05) is 5.32 Å². The number of oxazole rings is 1. The second-order valence-electron chi connectivity index (χ2n) is 5.25. The highest BCUT2D eigenvalue weighted by molar-refractivity contribution is 6.31. The molecular weight excluding hydrogens is 332 g/mol. The Morgan fingerprint density at radius 1 is 1.21 bits per heavy atom. The molecule has 1 aromatic heterocycles. The van der Waals surface area contributed by atoms with Gasteiger partial charge in [-0.05, 0) is 37.3 Å². The molecule has 7 heteroatoms. The van der Waals surface area contributed by atoms with Crippen molar-refractivity contribution in [3.8, 4) is 0 Å². The van der Waals surface area contributed by atoms with Crippen LogP contribution in [0.25, 0.3) is 11.1 Å². The molecule has 0 radical (unpaired) electrons. The van der Waals surface area contributed by atoms with E-state index in [1.807, 2.05) is 0 Å². The Morgan fingerprint density at radius 2 is 2.00 bits per heavy atom. The fraction of sp³-hybridized carbons (Fsp3) is 0.118. The average Bonchev–Trinajstić information content (AvgIpc) is 2.83. The third-order valence-electron chi connectivity index (χ3n) is 3.48. The van der Waals surface area contributed by atoms with E-state index in [1.54, 1.807) is 42.5 Å². The van der Waals surface area contributed by atoms with E-state index in [0.717, 1.165) is 0 Å². The van der Waals surface area contributed by atoms with Crippen molar-refractivity contribution in [1.82, 2.24) is 4.57 Å². The van der Waals surface area contributed by atoms with Crippen molar-refractivity contribution in [1.29, 1.82) is 0 Å². The van der Waals surface area contributed by atoms with Crippen LogP contribution in [0.15, 0.2) is 51.7 Å². The molecule has 1 heterocycles. The number of nitrogens with zero attached hydrogens (tertiary/aromatic N) is 1. The fourth-order valence-corrected chi connectivity index (χ4v) is 2.51. The van der Waals surface area contributed by atoms with Crippen LogP contribution in [0.3, 0.4) is 0 Å². The molecule has 0 saturated carbocycles. The van der Waals surface area contributed by atoms with Gasteiger partial charge >= 0.3 is 5.76 Å². The summed E-state index contributed by atoms with van der Waals surface area (Å²) in [4.78, 5) is 35.5. The van der Waals surface area contributed by atoms with Crippen molar-refractivity contribution >= 4 is 40.1 Å². The zero-order chi connectivity index (χ0) is 17.3. The number of halogens is 1. The first kappa shape index (κ1) is 16.0. The minimum Gasteiger partial charge on any atom is -0.408 e. The second-order valence-corrected chi connectivity index (χ2v) is 5.69. The summed E-state index contributed by atoms with van der Waals surface area (Å²) in [5, 5.41) is 3.09. The molecule has 0 unspecified atom stereocenters. The lowest BCUT2D eigenvalue weighted by Gasteiger charge is -2.07. The number of fused-ring (bicyclic) bond motifs is 1. The summed E-state index contributed by atoms with van der Waals surface area (Å²) < 4.78 is 6.28. The number of anilines is 1. The molecule has 24 heavy (non-hydrogen) atoms. The van der Waals surface area contributed by atoms with Crippen LogP contribution in [0.4, 0.5) is 5.69 Å². The Hall–Kier alpha value is -2.86. The maximum absolute atomic E-state index is 12.2. The Balaban J connectivity index is 1.84. The van der Waals surface area contributed by atoms with Crippen LogP contribution in [-0.4, -0.2) is 16.3 Å². The molecule has 1 N–H and O–H groups in total. The lowest BCUT2D eigenvalue weighted by molar-refractivity contribution is -0.116. The summed E-state index contributed by atoms with van der Waals surface area (Å²) in [7, 11) is 0. The molecular formula is C17H13ClN2O4. The smallest absolute Gasteiger partial charge is 0.408 e. The monoisotopic (exact) mass is 344 g/mol. The Kier molecular flexibility index (Phi) is 4.22. The molecule has 0 aliphatic carbocycles. The molecule has 0 fully saturated rings. The zero-order valence-electron chi connectivity index (χ0n) is 12.7. The van der Waals surface area contributed by atoms with E-state index in [1.165, 1.54) is 11.5 Å². The number of nitrogens with one attached hydrogen (secondary N) is 1. The highest BCUT2D eigenvalue weighted by atomic mass is 35.5. The summed E-state index contributed by atoms with van der Waals surface area (Å²) in [5.74, 6) is -1.15. The third kappa shape index (κ3) is 3.23. The number of Topliss-reactive ketones (excluding diaryl/α,β-unsaturated/α-hetero) is 1. The van der Waals surface area contributed by atoms with E-state index < -0.39 is 11.7 Å². The summed E-state index contributed by atoms with van der Waals surface area (Å²) in [6.45, 7) is 1.22. The SMILES string of the molecule is CC(=O)c1cccc(NC(=O)Cn2c(=O)oc3ccc(Cl)cc32)c1. The van der Waals surface area contributed by atoms with Crippen LogP contribution in [0.2, 0.25) is 5.02 Å². The van der Waals surface area contributed by atoms with Crippen LogP contribution < -0.4 is 11.1 Å². The van der Waals surface area contributed by atoms with Gasteiger partial charge in [0.05, 0.1) is 5.52 Å². The van der Waals surface area contributed by atoms with Crippen molar-refractivity contribution < 1.29 is 14.0 Å². The maximum Gasteiger partial charge on any atom is 0.420 e. The first-order valence-electron chi connectivity index (χ1n) is 7.14. The van der Waals surface area contributed by atoms with Crippen molar-refractivity contribution in [3.63, 3.8) is 0 Å². The van der Waals surface area contributed by atoms with Crippen LogP contribution in [0, 0.1) is 0 Å². The van der Waals surface area contributed by atoms with E-state index in [4.69, 9.17) is 16.0 Å². The number of rotatable bonds is 4. The van der Waals surface area contributed by atoms with Crippen molar-refractivity contribution in [2.45, 2.75) is 13.5 Å². The van der Waals surface area contributed by atoms with Gasteiger partial charge in [0.1, 0.15) is 6.54 Å². The highest BCUT2D eigenvalue weighted by Gasteiger charge is 2.13. The van der Waals surface area contributed by atoms with Crippen LogP contribution in [-0.2, 0) is 11.3 Å². The van der Waals surface area contributed by atoms with Gasteiger partial charge in [0, 0.05) is 16.3 Å². The van der Waals surface area contributed by atoms with Crippen molar-refractivity contribution in [3.05, 3.63) is 63.6 Å². The Bertz CT molecular complexity index is 1000. The number of amides is 1. The van der Waals surface area contributed by atoms with E-state index >= 15 is 0 Å². The minimum atomic E-state index is -0.639. The van der Waals surface area contributed by atoms with Gasteiger partial charge in [-0.3, -0.25) is 14.2 Å². The molecule has 0 saturated heterocycles. The number of benzene rings is 2. The summed E-state index contributed by atoms with van der Waals surface area (Å²) >= 11 is 5.92. The second kappa shape index (κ2) is 6.33. The molecule has 0 atom stereocenters. The molecule has 0 spiro atoms. The van der Waals surface area contributed by atoms with E-state index in [0.29, 0.717) is 27.4 Å². The minimum absolute atomic E-state index is 0.0993. The van der Waals surface area contributed by atoms with Gasteiger partial charge in [-0.25, -0.2) is 4.79 Å². The van der Waals surface area contributed by atoms with Gasteiger partial charge in [0.25, 0.3) is 0 Å². The van der Waals surface area contributed by atoms with Crippen LogP contribution in [0.1, 0.15) is 17.3 Å². The normalized spacial score (nSPS) is 10.8. The maximum atomic E-state index is 12.2. The third-order valence-corrected chi connectivity index (χ3v) is 3.72. The first-order chi connectivity index (χ1) is 11.4. The van der Waals surface area contributed by atoms with Gasteiger partial charge in [-0.2, -0.15) is 0 Å². The van der Waals surface area contributed by atoms with Crippen molar-refractivity contribution in [2.24, 2.45) is 0 Å². The summed E-state index contributed by atoms with van der Waals surface area (Å²) in [6, 6.07) is 11.3. The van der Waals surface area contributed by atoms with E-state index in [9.17, 15) is 14.4 Å².